The van der Waals surface area contributed by atoms with Crippen molar-refractivity contribution in [2.75, 3.05) is 13.2 Å². The summed E-state index contributed by atoms with van der Waals surface area (Å²) in [5.74, 6) is 0.778. The number of ether oxygens (including phenoxy) is 2. The van der Waals surface area contributed by atoms with E-state index in [0.717, 1.165) is 30.9 Å². The van der Waals surface area contributed by atoms with E-state index in [-0.39, 0.29) is 25.0 Å². The third kappa shape index (κ3) is 6.70. The van der Waals surface area contributed by atoms with Crippen molar-refractivity contribution in [3.05, 3.63) is 48.3 Å². The molecule has 0 radical (unpaired) electrons. The molecule has 0 heterocycles. The molecule has 1 aromatic carbocycles. The first-order valence-electron chi connectivity index (χ1n) is 8.97. The molecular weight excluding hydrogens is 332 g/mol. The Kier molecular flexibility index (Phi) is 7.86. The van der Waals surface area contributed by atoms with Gasteiger partial charge in [-0.15, -0.1) is 0 Å². The van der Waals surface area contributed by atoms with Gasteiger partial charge >= 0.3 is 5.97 Å². The number of unbranched alkanes of at least 4 members (excludes halogenated alkanes) is 1. The first-order chi connectivity index (χ1) is 12.6. The largest absolute Gasteiger partial charge is 0.494 e. The molecule has 1 N–H and O–H groups in total. The van der Waals surface area contributed by atoms with E-state index in [1.165, 1.54) is 0 Å². The number of nitrogens with zero attached hydrogens (tertiary/aromatic N) is 2. The standard InChI is InChI=1S/C20H26N2O4/c1-3-4-12-25-17-7-5-16(6-8-17)21-22-19-10-9-18(14-15(19)2)26-13-11-20(23)24/h5-10,14-15,19H,3-4,11-13H2,1-2H3,(H,23,24)/t15-,19?/m1/s1. The Hall–Kier alpha value is -2.63. The summed E-state index contributed by atoms with van der Waals surface area (Å²) >= 11 is 0. The van der Waals surface area contributed by atoms with Crippen molar-refractivity contribution in [2.24, 2.45) is 16.1 Å². The summed E-state index contributed by atoms with van der Waals surface area (Å²) in [6.45, 7) is 5.05. The van der Waals surface area contributed by atoms with E-state index >= 15 is 0 Å². The van der Waals surface area contributed by atoms with Crippen molar-refractivity contribution in [3.8, 4) is 5.75 Å². The van der Waals surface area contributed by atoms with Crippen molar-refractivity contribution >= 4 is 11.7 Å². The van der Waals surface area contributed by atoms with Gasteiger partial charge in [-0.1, -0.05) is 26.3 Å². The van der Waals surface area contributed by atoms with Crippen molar-refractivity contribution in [1.29, 1.82) is 0 Å². The van der Waals surface area contributed by atoms with Crippen molar-refractivity contribution in [2.45, 2.75) is 39.2 Å². The topological polar surface area (TPSA) is 80.5 Å². The lowest BCUT2D eigenvalue weighted by atomic mass is 9.97. The summed E-state index contributed by atoms with van der Waals surface area (Å²) in [4.78, 5) is 10.5. The lowest BCUT2D eigenvalue weighted by Gasteiger charge is -2.18. The summed E-state index contributed by atoms with van der Waals surface area (Å²) in [6.07, 6.45) is 7.82. The Bertz CT molecular complexity index is 665. The first-order valence-corrected chi connectivity index (χ1v) is 8.97. The number of carboxylic acids is 1. The molecule has 0 aromatic heterocycles. The molecule has 1 aliphatic carbocycles. The third-order valence-corrected chi connectivity index (χ3v) is 3.92. The fourth-order valence-corrected chi connectivity index (χ4v) is 2.35. The van der Waals surface area contributed by atoms with Crippen LogP contribution >= 0.6 is 0 Å². The number of hydrogen-bond donors (Lipinski definition) is 1. The average Bonchev–Trinajstić information content (AvgIpc) is 2.62. The van der Waals surface area contributed by atoms with Crippen LogP contribution in [0.1, 0.15) is 33.1 Å². The first kappa shape index (κ1) is 19.7. The number of benzene rings is 1. The lowest BCUT2D eigenvalue weighted by molar-refractivity contribution is -0.137. The number of allylic oxidation sites excluding steroid dienone is 1. The van der Waals surface area contributed by atoms with E-state index in [1.54, 1.807) is 0 Å². The zero-order valence-electron chi connectivity index (χ0n) is 15.3. The molecule has 140 valence electrons. The van der Waals surface area contributed by atoms with Crippen molar-refractivity contribution in [3.63, 3.8) is 0 Å². The number of hydrogen-bond acceptors (Lipinski definition) is 5. The maximum Gasteiger partial charge on any atom is 0.306 e. The minimum absolute atomic E-state index is 0.0130. The van der Waals surface area contributed by atoms with E-state index in [4.69, 9.17) is 14.6 Å². The molecule has 6 nitrogen and oxygen atoms in total. The van der Waals surface area contributed by atoms with Crippen molar-refractivity contribution in [1.82, 2.24) is 0 Å². The minimum Gasteiger partial charge on any atom is -0.494 e. The van der Waals surface area contributed by atoms with Crippen molar-refractivity contribution < 1.29 is 19.4 Å². The van der Waals surface area contributed by atoms with Gasteiger partial charge in [0, 0.05) is 5.92 Å². The van der Waals surface area contributed by atoms with Crippen LogP contribution in [0.15, 0.2) is 58.5 Å². The minimum atomic E-state index is -0.869. The van der Waals surface area contributed by atoms with E-state index in [1.807, 2.05) is 49.4 Å². The van der Waals surface area contributed by atoms with Gasteiger partial charge in [0.15, 0.2) is 0 Å². The zero-order valence-corrected chi connectivity index (χ0v) is 15.3. The predicted molar refractivity (Wildman–Crippen MR) is 99.7 cm³/mol. The van der Waals surface area contributed by atoms with Gasteiger partial charge in [-0.05, 0) is 42.8 Å². The molecule has 6 heteroatoms. The van der Waals surface area contributed by atoms with Crippen LogP contribution < -0.4 is 4.74 Å². The second-order valence-corrected chi connectivity index (χ2v) is 6.18. The molecule has 0 fully saturated rings. The zero-order chi connectivity index (χ0) is 18.8. The predicted octanol–water partition coefficient (Wildman–Crippen LogP) is 4.90. The van der Waals surface area contributed by atoms with Gasteiger partial charge in [-0.2, -0.15) is 10.2 Å². The van der Waals surface area contributed by atoms with E-state index in [9.17, 15) is 4.79 Å². The van der Waals surface area contributed by atoms with Crippen LogP contribution in [-0.4, -0.2) is 30.3 Å². The Morgan fingerprint density at radius 2 is 1.96 bits per heavy atom. The molecule has 2 rings (SSSR count). The second kappa shape index (κ2) is 10.4. The maximum atomic E-state index is 10.5. The highest BCUT2D eigenvalue weighted by molar-refractivity contribution is 5.66. The Morgan fingerprint density at radius 1 is 1.19 bits per heavy atom. The second-order valence-electron chi connectivity index (χ2n) is 6.18. The normalized spacial score (nSPS) is 19.4. The molecule has 0 spiro atoms. The third-order valence-electron chi connectivity index (χ3n) is 3.92. The van der Waals surface area contributed by atoms with Crippen LogP contribution in [0, 0.1) is 5.92 Å². The number of rotatable bonds is 10. The average molecular weight is 358 g/mol. The SMILES string of the molecule is CCCCOc1ccc(N=NC2C=CC(OCCC(=O)O)=C[C@H]2C)cc1. The van der Waals surface area contributed by atoms with Gasteiger partial charge in [0.25, 0.3) is 0 Å². The van der Waals surface area contributed by atoms with Gasteiger partial charge in [0.2, 0.25) is 0 Å². The van der Waals surface area contributed by atoms with Gasteiger partial charge in [0.1, 0.15) is 11.5 Å². The summed E-state index contributed by atoms with van der Waals surface area (Å²) in [6, 6.07) is 7.51. The molecule has 26 heavy (non-hydrogen) atoms. The molecule has 0 bridgehead atoms. The summed E-state index contributed by atoms with van der Waals surface area (Å²) in [7, 11) is 0. The lowest BCUT2D eigenvalue weighted by Crippen LogP contribution is -2.15. The number of azo groups is 1. The molecule has 1 aliphatic rings. The molecule has 0 amide bonds. The van der Waals surface area contributed by atoms with Gasteiger partial charge in [0.05, 0.1) is 31.4 Å². The van der Waals surface area contributed by atoms with Gasteiger partial charge in [-0.25, -0.2) is 0 Å². The van der Waals surface area contributed by atoms with E-state index < -0.39 is 5.97 Å². The smallest absolute Gasteiger partial charge is 0.306 e. The molecule has 0 aliphatic heterocycles. The summed E-state index contributed by atoms with van der Waals surface area (Å²) in [5, 5.41) is 17.3. The van der Waals surface area contributed by atoms with Crippen LogP contribution in [0.25, 0.3) is 0 Å². The number of carboxylic acid groups (broad SMARTS) is 1. The van der Waals surface area contributed by atoms with E-state index in [0.29, 0.717) is 5.76 Å². The Balaban J connectivity index is 1.84. The molecule has 1 aromatic rings. The van der Waals surface area contributed by atoms with E-state index in [2.05, 4.69) is 17.2 Å². The Labute approximate surface area is 154 Å². The van der Waals surface area contributed by atoms with Crippen LogP contribution in [0.5, 0.6) is 5.75 Å². The van der Waals surface area contributed by atoms with Crippen LogP contribution in [-0.2, 0) is 9.53 Å². The molecule has 1 unspecified atom stereocenters. The highest BCUT2D eigenvalue weighted by Crippen LogP contribution is 2.24. The highest BCUT2D eigenvalue weighted by Gasteiger charge is 2.17. The molecule has 0 saturated heterocycles. The van der Waals surface area contributed by atoms with Gasteiger partial charge < -0.3 is 14.6 Å². The van der Waals surface area contributed by atoms with Crippen LogP contribution in [0.4, 0.5) is 5.69 Å². The summed E-state index contributed by atoms with van der Waals surface area (Å²) in [5.41, 5.74) is 0.779. The molecular formula is C20H26N2O4. The molecule has 2 atom stereocenters. The highest BCUT2D eigenvalue weighted by atomic mass is 16.5. The van der Waals surface area contributed by atoms with Gasteiger partial charge in [-0.3, -0.25) is 4.79 Å². The number of carbonyl (C=O) groups is 1. The maximum absolute atomic E-state index is 10.5. The molecule has 0 saturated carbocycles. The summed E-state index contributed by atoms with van der Waals surface area (Å²) < 4.78 is 11.1. The number of aliphatic carboxylic acids is 1. The fraction of sp³-hybridized carbons (Fsp3) is 0.450. The van der Waals surface area contributed by atoms with Crippen LogP contribution in [0.3, 0.4) is 0 Å². The monoisotopic (exact) mass is 358 g/mol. The Morgan fingerprint density at radius 3 is 2.62 bits per heavy atom. The van der Waals surface area contributed by atoms with Crippen LogP contribution in [0.2, 0.25) is 0 Å². The fourth-order valence-electron chi connectivity index (χ4n) is 2.35. The quantitative estimate of drug-likeness (QED) is 0.476.